The van der Waals surface area contributed by atoms with E-state index < -0.39 is 0 Å². The Morgan fingerprint density at radius 2 is 2.00 bits per heavy atom. The van der Waals surface area contributed by atoms with Crippen molar-refractivity contribution in [2.45, 2.75) is 25.3 Å². The van der Waals surface area contributed by atoms with Gasteiger partial charge < -0.3 is 15.7 Å². The highest BCUT2D eigenvalue weighted by Gasteiger charge is 2.42. The molecule has 0 bridgehead atoms. The fourth-order valence-electron chi connectivity index (χ4n) is 2.07. The molecule has 14 heavy (non-hydrogen) atoms. The summed E-state index contributed by atoms with van der Waals surface area (Å²) in [4.78, 5) is 13.7. The van der Waals surface area contributed by atoms with Crippen molar-refractivity contribution < 1.29 is 9.90 Å². The van der Waals surface area contributed by atoms with Gasteiger partial charge in [-0.1, -0.05) is 0 Å². The minimum Gasteiger partial charge on any atom is -0.396 e. The normalized spacial score (nSPS) is 33.1. The van der Waals surface area contributed by atoms with Gasteiger partial charge in [-0.15, -0.1) is 0 Å². The lowest BCUT2D eigenvalue weighted by Gasteiger charge is -2.31. The van der Waals surface area contributed by atoms with Crippen molar-refractivity contribution in [1.82, 2.24) is 4.90 Å². The number of nitrogens with zero attached hydrogens (tertiary/aromatic N) is 1. The van der Waals surface area contributed by atoms with Gasteiger partial charge in [0.1, 0.15) is 0 Å². The molecule has 2 fully saturated rings. The van der Waals surface area contributed by atoms with E-state index >= 15 is 0 Å². The summed E-state index contributed by atoms with van der Waals surface area (Å²) < 4.78 is 0. The maximum absolute atomic E-state index is 11.7. The number of hydrogen-bond acceptors (Lipinski definition) is 3. The van der Waals surface area contributed by atoms with Gasteiger partial charge in [0, 0.05) is 25.7 Å². The van der Waals surface area contributed by atoms with E-state index in [-0.39, 0.29) is 24.5 Å². The van der Waals surface area contributed by atoms with Gasteiger partial charge in [0.2, 0.25) is 5.91 Å². The average Bonchev–Trinajstić information content (AvgIpc) is 2.95. The first-order chi connectivity index (χ1) is 6.72. The van der Waals surface area contributed by atoms with E-state index in [1.807, 2.05) is 4.90 Å². The number of amides is 1. The van der Waals surface area contributed by atoms with E-state index in [9.17, 15) is 4.79 Å². The Balaban J connectivity index is 1.80. The fourth-order valence-corrected chi connectivity index (χ4v) is 2.07. The maximum atomic E-state index is 11.7. The van der Waals surface area contributed by atoms with Crippen LogP contribution in [0, 0.1) is 11.8 Å². The summed E-state index contributed by atoms with van der Waals surface area (Å²) in [6.45, 7) is 1.85. The predicted molar refractivity (Wildman–Crippen MR) is 52.5 cm³/mol. The van der Waals surface area contributed by atoms with Crippen LogP contribution in [0.5, 0.6) is 0 Å². The summed E-state index contributed by atoms with van der Waals surface area (Å²) in [7, 11) is 0. The first-order valence-electron chi connectivity index (χ1n) is 5.37. The van der Waals surface area contributed by atoms with Gasteiger partial charge in [0.15, 0.2) is 0 Å². The number of rotatable bonds is 2. The lowest BCUT2D eigenvalue weighted by atomic mass is 9.97. The van der Waals surface area contributed by atoms with E-state index in [1.165, 1.54) is 0 Å². The molecule has 80 valence electrons. The molecular weight excluding hydrogens is 180 g/mol. The molecule has 0 radical (unpaired) electrons. The summed E-state index contributed by atoms with van der Waals surface area (Å²) >= 11 is 0. The molecule has 1 amide bonds. The van der Waals surface area contributed by atoms with Crippen LogP contribution < -0.4 is 5.73 Å². The van der Waals surface area contributed by atoms with E-state index in [0.29, 0.717) is 5.92 Å². The smallest absolute Gasteiger partial charge is 0.227 e. The number of hydrogen-bond donors (Lipinski definition) is 2. The molecule has 1 saturated heterocycles. The first-order valence-corrected chi connectivity index (χ1v) is 5.37. The lowest BCUT2D eigenvalue weighted by Crippen LogP contribution is -2.40. The second-order valence-corrected chi connectivity index (χ2v) is 4.46. The van der Waals surface area contributed by atoms with Crippen molar-refractivity contribution in [1.29, 1.82) is 0 Å². The zero-order valence-corrected chi connectivity index (χ0v) is 8.35. The molecular formula is C10H18N2O2. The standard InChI is InChI=1S/C10H18N2O2/c11-9-5-8(9)10(14)12-3-1-7(6-13)2-4-12/h7-9,13H,1-6,11H2. The summed E-state index contributed by atoms with van der Waals surface area (Å²) in [6.07, 6.45) is 2.73. The van der Waals surface area contributed by atoms with E-state index in [1.54, 1.807) is 0 Å². The molecule has 4 heteroatoms. The summed E-state index contributed by atoms with van der Waals surface area (Å²) in [5.74, 6) is 0.724. The highest BCUT2D eigenvalue weighted by Crippen LogP contribution is 2.31. The van der Waals surface area contributed by atoms with Crippen LogP contribution in [0.3, 0.4) is 0 Å². The summed E-state index contributed by atoms with van der Waals surface area (Å²) in [5, 5.41) is 8.96. The fraction of sp³-hybridized carbons (Fsp3) is 0.900. The Morgan fingerprint density at radius 1 is 1.43 bits per heavy atom. The van der Waals surface area contributed by atoms with Crippen molar-refractivity contribution in [3.63, 3.8) is 0 Å². The highest BCUT2D eigenvalue weighted by atomic mass is 16.3. The number of carbonyl (C=O) groups is 1. The summed E-state index contributed by atoms with van der Waals surface area (Å²) in [6, 6.07) is 0.109. The Hall–Kier alpha value is -0.610. The molecule has 4 nitrogen and oxygen atoms in total. The van der Waals surface area contributed by atoms with Gasteiger partial charge in [0.05, 0.1) is 5.92 Å². The van der Waals surface area contributed by atoms with Crippen LogP contribution in [0.25, 0.3) is 0 Å². The monoisotopic (exact) mass is 198 g/mol. The SMILES string of the molecule is NC1CC1C(=O)N1CCC(CO)CC1. The molecule has 1 aliphatic heterocycles. The maximum Gasteiger partial charge on any atom is 0.227 e. The van der Waals surface area contributed by atoms with Crippen molar-refractivity contribution >= 4 is 5.91 Å². The van der Waals surface area contributed by atoms with Crippen LogP contribution in [-0.2, 0) is 4.79 Å². The number of carbonyl (C=O) groups excluding carboxylic acids is 1. The Morgan fingerprint density at radius 3 is 2.43 bits per heavy atom. The van der Waals surface area contributed by atoms with Crippen LogP contribution >= 0.6 is 0 Å². The summed E-state index contributed by atoms with van der Waals surface area (Å²) in [5.41, 5.74) is 5.64. The third-order valence-corrected chi connectivity index (χ3v) is 3.34. The first kappa shape index (κ1) is 9.93. The minimum atomic E-state index is 0.0978. The van der Waals surface area contributed by atoms with Gasteiger partial charge in [-0.25, -0.2) is 0 Å². The van der Waals surface area contributed by atoms with Gasteiger partial charge in [-0.2, -0.15) is 0 Å². The largest absolute Gasteiger partial charge is 0.396 e. The van der Waals surface area contributed by atoms with Crippen LogP contribution in [0.2, 0.25) is 0 Å². The number of piperidine rings is 1. The number of nitrogens with two attached hydrogens (primary N) is 1. The topological polar surface area (TPSA) is 66.6 Å². The van der Waals surface area contributed by atoms with Gasteiger partial charge in [0.25, 0.3) is 0 Å². The van der Waals surface area contributed by atoms with Crippen molar-refractivity contribution in [2.24, 2.45) is 17.6 Å². The van der Waals surface area contributed by atoms with E-state index in [0.717, 1.165) is 32.4 Å². The molecule has 2 aliphatic rings. The molecule has 0 aromatic carbocycles. The van der Waals surface area contributed by atoms with Gasteiger partial charge in [-0.05, 0) is 25.2 Å². The molecule has 2 atom stereocenters. The second-order valence-electron chi connectivity index (χ2n) is 4.46. The Labute approximate surface area is 84.1 Å². The Kier molecular flexibility index (Phi) is 2.74. The highest BCUT2D eigenvalue weighted by molar-refractivity contribution is 5.82. The molecule has 1 aliphatic carbocycles. The third-order valence-electron chi connectivity index (χ3n) is 3.34. The molecule has 2 rings (SSSR count). The molecule has 3 N–H and O–H groups in total. The zero-order chi connectivity index (χ0) is 10.1. The van der Waals surface area contributed by atoms with Crippen LogP contribution in [0.1, 0.15) is 19.3 Å². The van der Waals surface area contributed by atoms with E-state index in [2.05, 4.69) is 0 Å². The van der Waals surface area contributed by atoms with Crippen LogP contribution in [0.4, 0.5) is 0 Å². The average molecular weight is 198 g/mol. The minimum absolute atomic E-state index is 0.0978. The van der Waals surface area contributed by atoms with Crippen LogP contribution in [-0.4, -0.2) is 41.7 Å². The van der Waals surface area contributed by atoms with Crippen molar-refractivity contribution in [3.8, 4) is 0 Å². The Bertz CT molecular complexity index is 224. The quantitative estimate of drug-likeness (QED) is 0.632. The predicted octanol–water partition coefficient (Wildman–Crippen LogP) is -0.436. The number of likely N-dealkylation sites (tertiary alicyclic amines) is 1. The third kappa shape index (κ3) is 1.91. The lowest BCUT2D eigenvalue weighted by molar-refractivity contribution is -0.134. The van der Waals surface area contributed by atoms with Gasteiger partial charge >= 0.3 is 0 Å². The number of aliphatic hydroxyl groups excluding tert-OH is 1. The molecule has 0 spiro atoms. The zero-order valence-electron chi connectivity index (χ0n) is 8.35. The van der Waals surface area contributed by atoms with Crippen molar-refractivity contribution in [2.75, 3.05) is 19.7 Å². The molecule has 2 unspecified atom stereocenters. The van der Waals surface area contributed by atoms with E-state index in [4.69, 9.17) is 10.8 Å². The molecule has 0 aromatic heterocycles. The number of aliphatic hydroxyl groups is 1. The van der Waals surface area contributed by atoms with Crippen molar-refractivity contribution in [3.05, 3.63) is 0 Å². The molecule has 0 aromatic rings. The molecule has 1 saturated carbocycles. The van der Waals surface area contributed by atoms with Crippen LogP contribution in [0.15, 0.2) is 0 Å². The molecule has 1 heterocycles. The second kappa shape index (κ2) is 3.87. The van der Waals surface area contributed by atoms with Gasteiger partial charge in [-0.3, -0.25) is 4.79 Å².